The van der Waals surface area contributed by atoms with E-state index in [1.165, 1.54) is 29.0 Å². The van der Waals surface area contributed by atoms with Crippen LogP contribution in [-0.4, -0.2) is 12.6 Å². The van der Waals surface area contributed by atoms with E-state index in [2.05, 4.69) is 68.8 Å². The second kappa shape index (κ2) is 6.95. The zero-order chi connectivity index (χ0) is 14.7. The summed E-state index contributed by atoms with van der Waals surface area (Å²) in [6, 6.07) is 11.7. The molecule has 3 rings (SSSR count). The van der Waals surface area contributed by atoms with E-state index >= 15 is 0 Å². The Kier molecular flexibility index (Phi) is 4.99. The lowest BCUT2D eigenvalue weighted by atomic mass is 10.1. The van der Waals surface area contributed by atoms with Crippen LogP contribution >= 0.6 is 27.3 Å². The highest BCUT2D eigenvalue weighted by Gasteiger charge is 2.21. The maximum Gasteiger partial charge on any atom is 0.0522 e. The van der Waals surface area contributed by atoms with Gasteiger partial charge in [0.1, 0.15) is 0 Å². The second-order valence-electron chi connectivity index (χ2n) is 5.52. The quantitative estimate of drug-likeness (QED) is 0.759. The summed E-state index contributed by atoms with van der Waals surface area (Å²) >= 11 is 5.44. The summed E-state index contributed by atoms with van der Waals surface area (Å²) < 4.78 is 1.16. The Morgan fingerprint density at radius 3 is 2.86 bits per heavy atom. The van der Waals surface area contributed by atoms with Crippen molar-refractivity contribution in [3.05, 3.63) is 50.6 Å². The molecule has 1 saturated carbocycles. The molecule has 0 atom stereocenters. The van der Waals surface area contributed by atoms with E-state index in [0.29, 0.717) is 0 Å². The first kappa shape index (κ1) is 15.1. The summed E-state index contributed by atoms with van der Waals surface area (Å²) in [6.07, 6.45) is 2.66. The van der Waals surface area contributed by atoms with Gasteiger partial charge in [-0.3, -0.25) is 0 Å². The van der Waals surface area contributed by atoms with Gasteiger partial charge in [0, 0.05) is 34.2 Å². The molecule has 0 radical (unpaired) electrons. The summed E-state index contributed by atoms with van der Waals surface area (Å²) in [5.74, 6) is 0. The fraction of sp³-hybridized carbons (Fsp3) is 0.412. The van der Waals surface area contributed by atoms with Crippen molar-refractivity contribution in [1.29, 1.82) is 0 Å². The standard InChI is InChI=1S/C17H21BrN2S/c1-2-20(12-16-4-3-9-21-16)17-8-5-14(18)10-13(17)11-19-15-6-7-15/h3-5,8-10,15,19H,2,6-7,11-12H2,1H3. The molecule has 0 bridgehead atoms. The van der Waals surface area contributed by atoms with Crippen LogP contribution in [0.1, 0.15) is 30.2 Å². The van der Waals surface area contributed by atoms with E-state index in [1.54, 1.807) is 0 Å². The average Bonchev–Trinajstić information content (AvgIpc) is 3.18. The Balaban J connectivity index is 1.79. The molecule has 0 aliphatic heterocycles. The van der Waals surface area contributed by atoms with Crippen LogP contribution < -0.4 is 10.2 Å². The van der Waals surface area contributed by atoms with Gasteiger partial charge in [0.25, 0.3) is 0 Å². The molecule has 2 nitrogen and oxygen atoms in total. The smallest absolute Gasteiger partial charge is 0.0522 e. The van der Waals surface area contributed by atoms with Crippen molar-refractivity contribution in [3.63, 3.8) is 0 Å². The van der Waals surface area contributed by atoms with Crippen LogP contribution in [0.4, 0.5) is 5.69 Å². The maximum atomic E-state index is 3.63. The number of benzene rings is 1. The van der Waals surface area contributed by atoms with Crippen LogP contribution in [0.3, 0.4) is 0 Å². The van der Waals surface area contributed by atoms with Crippen LogP contribution in [0.2, 0.25) is 0 Å². The predicted octanol–water partition coefficient (Wildman–Crippen LogP) is 4.79. The van der Waals surface area contributed by atoms with Crippen LogP contribution in [0, 0.1) is 0 Å². The molecule has 1 heterocycles. The molecule has 1 fully saturated rings. The van der Waals surface area contributed by atoms with E-state index in [4.69, 9.17) is 0 Å². The number of nitrogens with one attached hydrogen (secondary N) is 1. The van der Waals surface area contributed by atoms with E-state index < -0.39 is 0 Å². The Hall–Kier alpha value is -0.840. The van der Waals surface area contributed by atoms with Crippen molar-refractivity contribution in [1.82, 2.24) is 5.32 Å². The lowest BCUT2D eigenvalue weighted by Crippen LogP contribution is -2.24. The molecule has 112 valence electrons. The SMILES string of the molecule is CCN(Cc1cccs1)c1ccc(Br)cc1CNC1CC1. The first-order valence-electron chi connectivity index (χ1n) is 7.55. The molecule has 0 spiro atoms. The molecule has 0 unspecified atom stereocenters. The lowest BCUT2D eigenvalue weighted by Gasteiger charge is -2.25. The van der Waals surface area contributed by atoms with Gasteiger partial charge < -0.3 is 10.2 Å². The van der Waals surface area contributed by atoms with E-state index in [1.807, 2.05) is 11.3 Å². The van der Waals surface area contributed by atoms with Gasteiger partial charge >= 0.3 is 0 Å². The van der Waals surface area contributed by atoms with Crippen LogP contribution in [0.15, 0.2) is 40.2 Å². The third kappa shape index (κ3) is 4.09. The number of rotatable bonds is 7. The normalized spacial score (nSPS) is 14.4. The van der Waals surface area contributed by atoms with E-state index in [9.17, 15) is 0 Å². The summed E-state index contributed by atoms with van der Waals surface area (Å²) in [5.41, 5.74) is 2.73. The van der Waals surface area contributed by atoms with Gasteiger partial charge in [-0.15, -0.1) is 11.3 Å². The minimum Gasteiger partial charge on any atom is -0.366 e. The van der Waals surface area contributed by atoms with Gasteiger partial charge in [-0.05, 0) is 55.0 Å². The second-order valence-corrected chi connectivity index (χ2v) is 7.47. The third-order valence-electron chi connectivity index (χ3n) is 3.85. The zero-order valence-corrected chi connectivity index (χ0v) is 14.7. The van der Waals surface area contributed by atoms with Gasteiger partial charge in [-0.2, -0.15) is 0 Å². The number of halogens is 1. The van der Waals surface area contributed by atoms with Gasteiger partial charge in [-0.25, -0.2) is 0 Å². The molecule has 1 N–H and O–H groups in total. The Labute approximate surface area is 139 Å². The van der Waals surface area contributed by atoms with Crippen molar-refractivity contribution in [2.45, 2.75) is 38.9 Å². The number of anilines is 1. The lowest BCUT2D eigenvalue weighted by molar-refractivity contribution is 0.683. The molecule has 1 aromatic carbocycles. The first-order chi connectivity index (χ1) is 10.3. The molecule has 0 amide bonds. The Bertz CT molecular complexity index is 578. The summed E-state index contributed by atoms with van der Waals surface area (Å²) in [7, 11) is 0. The van der Waals surface area contributed by atoms with Crippen molar-refractivity contribution in [2.24, 2.45) is 0 Å². The van der Waals surface area contributed by atoms with Crippen LogP contribution in [0.25, 0.3) is 0 Å². The highest BCUT2D eigenvalue weighted by molar-refractivity contribution is 9.10. The van der Waals surface area contributed by atoms with Crippen molar-refractivity contribution < 1.29 is 0 Å². The zero-order valence-electron chi connectivity index (χ0n) is 12.3. The van der Waals surface area contributed by atoms with Crippen LogP contribution in [-0.2, 0) is 13.1 Å². The molecular weight excluding hydrogens is 344 g/mol. The van der Waals surface area contributed by atoms with Gasteiger partial charge in [0.2, 0.25) is 0 Å². The van der Waals surface area contributed by atoms with E-state index in [0.717, 1.165) is 30.1 Å². The minimum atomic E-state index is 0.740. The third-order valence-corrected chi connectivity index (χ3v) is 5.20. The Morgan fingerprint density at radius 1 is 1.33 bits per heavy atom. The molecule has 21 heavy (non-hydrogen) atoms. The number of hydrogen-bond donors (Lipinski definition) is 1. The van der Waals surface area contributed by atoms with Crippen molar-refractivity contribution in [2.75, 3.05) is 11.4 Å². The van der Waals surface area contributed by atoms with Crippen molar-refractivity contribution >= 4 is 33.0 Å². The fourth-order valence-electron chi connectivity index (χ4n) is 2.50. The maximum absolute atomic E-state index is 3.63. The molecular formula is C17H21BrN2S. The largest absolute Gasteiger partial charge is 0.366 e. The number of nitrogens with zero attached hydrogens (tertiary/aromatic N) is 1. The molecule has 4 heteroatoms. The molecule has 1 aliphatic carbocycles. The first-order valence-corrected chi connectivity index (χ1v) is 9.22. The van der Waals surface area contributed by atoms with Gasteiger partial charge in [0.15, 0.2) is 0 Å². The molecule has 0 saturated heterocycles. The highest BCUT2D eigenvalue weighted by Crippen LogP contribution is 2.28. The predicted molar refractivity (Wildman–Crippen MR) is 95.0 cm³/mol. The van der Waals surface area contributed by atoms with Gasteiger partial charge in [0.05, 0.1) is 6.54 Å². The topological polar surface area (TPSA) is 15.3 Å². The number of hydrogen-bond acceptors (Lipinski definition) is 3. The monoisotopic (exact) mass is 364 g/mol. The molecule has 1 aliphatic rings. The number of thiophene rings is 1. The minimum absolute atomic E-state index is 0.740. The van der Waals surface area contributed by atoms with Gasteiger partial charge in [-0.1, -0.05) is 22.0 Å². The highest BCUT2D eigenvalue weighted by atomic mass is 79.9. The van der Waals surface area contributed by atoms with Crippen LogP contribution in [0.5, 0.6) is 0 Å². The summed E-state index contributed by atoms with van der Waals surface area (Å²) in [4.78, 5) is 3.88. The summed E-state index contributed by atoms with van der Waals surface area (Å²) in [6.45, 7) is 5.20. The Morgan fingerprint density at radius 2 is 2.19 bits per heavy atom. The molecule has 1 aromatic heterocycles. The van der Waals surface area contributed by atoms with E-state index in [-0.39, 0.29) is 0 Å². The molecule has 2 aromatic rings. The fourth-order valence-corrected chi connectivity index (χ4v) is 3.63. The van der Waals surface area contributed by atoms with Crippen molar-refractivity contribution in [3.8, 4) is 0 Å². The summed E-state index contributed by atoms with van der Waals surface area (Å²) in [5, 5.41) is 5.79. The average molecular weight is 365 g/mol.